The Kier molecular flexibility index (Phi) is 10.4. The van der Waals surface area contributed by atoms with Gasteiger partial charge in [0.05, 0.1) is 0 Å². The van der Waals surface area contributed by atoms with Gasteiger partial charge in [-0.15, -0.1) is 0 Å². The van der Waals surface area contributed by atoms with Crippen LogP contribution in [0, 0.1) is 0 Å². The molecule has 0 spiro atoms. The summed E-state index contributed by atoms with van der Waals surface area (Å²) in [6, 6.07) is 0. The van der Waals surface area contributed by atoms with Crippen molar-refractivity contribution >= 4 is 0 Å². The van der Waals surface area contributed by atoms with Crippen molar-refractivity contribution in [3.8, 4) is 0 Å². The van der Waals surface area contributed by atoms with Gasteiger partial charge in [0.1, 0.15) is 0 Å². The lowest BCUT2D eigenvalue weighted by Gasteiger charge is -2.27. The van der Waals surface area contributed by atoms with E-state index in [0.717, 1.165) is 52.4 Å². The molecule has 6 nitrogen and oxygen atoms in total. The molecule has 18 heavy (non-hydrogen) atoms. The fourth-order valence-electron chi connectivity index (χ4n) is 2.00. The summed E-state index contributed by atoms with van der Waals surface area (Å²) in [6.45, 7) is 12.6. The van der Waals surface area contributed by atoms with Crippen molar-refractivity contribution in [2.24, 2.45) is 5.73 Å². The summed E-state index contributed by atoms with van der Waals surface area (Å²) in [5.41, 5.74) is 5.38. The van der Waals surface area contributed by atoms with E-state index in [4.69, 9.17) is 5.73 Å². The first-order valence-corrected chi connectivity index (χ1v) is 7.19. The summed E-state index contributed by atoms with van der Waals surface area (Å²) in [7, 11) is 0. The monoisotopic (exact) mass is 258 g/mol. The van der Waals surface area contributed by atoms with Crippen molar-refractivity contribution in [1.29, 1.82) is 0 Å². The molecule has 1 fully saturated rings. The van der Waals surface area contributed by atoms with Crippen LogP contribution in [0.2, 0.25) is 0 Å². The van der Waals surface area contributed by atoms with Crippen LogP contribution in [0.3, 0.4) is 0 Å². The SMILES string of the molecule is NCCNCCNCCNCCN1CCNCC1. The van der Waals surface area contributed by atoms with Gasteiger partial charge in [-0.3, -0.25) is 4.90 Å². The number of nitrogens with two attached hydrogens (primary N) is 1. The fourth-order valence-corrected chi connectivity index (χ4v) is 2.00. The van der Waals surface area contributed by atoms with Crippen molar-refractivity contribution in [2.75, 3.05) is 78.5 Å². The summed E-state index contributed by atoms with van der Waals surface area (Å²) in [5.74, 6) is 0. The molecule has 0 radical (unpaired) electrons. The Hall–Kier alpha value is -0.240. The third-order valence-corrected chi connectivity index (χ3v) is 3.09. The van der Waals surface area contributed by atoms with E-state index in [1.165, 1.54) is 19.6 Å². The molecule has 0 aromatic carbocycles. The summed E-state index contributed by atoms with van der Waals surface area (Å²) >= 11 is 0. The molecule has 6 N–H and O–H groups in total. The minimum absolute atomic E-state index is 0.716. The van der Waals surface area contributed by atoms with Crippen LogP contribution in [-0.4, -0.2) is 83.4 Å². The molecule has 0 aromatic heterocycles. The van der Waals surface area contributed by atoms with Gasteiger partial charge in [-0.25, -0.2) is 0 Å². The third kappa shape index (κ3) is 8.79. The number of piperazine rings is 1. The van der Waals surface area contributed by atoms with E-state index in [9.17, 15) is 0 Å². The van der Waals surface area contributed by atoms with Crippen LogP contribution >= 0.6 is 0 Å². The van der Waals surface area contributed by atoms with Crippen molar-refractivity contribution in [1.82, 2.24) is 26.2 Å². The third-order valence-electron chi connectivity index (χ3n) is 3.09. The van der Waals surface area contributed by atoms with Gasteiger partial charge in [0.2, 0.25) is 0 Å². The maximum Gasteiger partial charge on any atom is 0.0108 e. The molecule has 0 saturated carbocycles. The number of rotatable bonds is 11. The van der Waals surface area contributed by atoms with Gasteiger partial charge < -0.3 is 27.0 Å². The van der Waals surface area contributed by atoms with Crippen LogP contribution in [0.1, 0.15) is 0 Å². The normalized spacial score (nSPS) is 17.2. The zero-order chi connectivity index (χ0) is 12.9. The molecule has 0 aliphatic carbocycles. The second kappa shape index (κ2) is 11.8. The minimum atomic E-state index is 0.716. The highest BCUT2D eigenvalue weighted by Crippen LogP contribution is 1.89. The Balaban J connectivity index is 1.73. The Morgan fingerprint density at radius 2 is 1.39 bits per heavy atom. The number of hydrogen-bond acceptors (Lipinski definition) is 6. The molecule has 0 atom stereocenters. The molecule has 1 saturated heterocycles. The van der Waals surface area contributed by atoms with E-state index in [1.807, 2.05) is 0 Å². The molecule has 1 aliphatic rings. The van der Waals surface area contributed by atoms with Gasteiger partial charge in [0, 0.05) is 78.5 Å². The van der Waals surface area contributed by atoms with Gasteiger partial charge in [0.15, 0.2) is 0 Å². The minimum Gasteiger partial charge on any atom is -0.329 e. The lowest BCUT2D eigenvalue weighted by atomic mass is 10.3. The first-order valence-electron chi connectivity index (χ1n) is 7.19. The highest BCUT2D eigenvalue weighted by molar-refractivity contribution is 4.68. The van der Waals surface area contributed by atoms with Gasteiger partial charge in [0.25, 0.3) is 0 Å². The molecule has 108 valence electrons. The van der Waals surface area contributed by atoms with Crippen LogP contribution in [-0.2, 0) is 0 Å². The molecule has 1 rings (SSSR count). The van der Waals surface area contributed by atoms with Gasteiger partial charge in [-0.2, -0.15) is 0 Å². The smallest absolute Gasteiger partial charge is 0.0108 e. The fraction of sp³-hybridized carbons (Fsp3) is 1.00. The maximum absolute atomic E-state index is 5.38. The van der Waals surface area contributed by atoms with Crippen molar-refractivity contribution in [3.05, 3.63) is 0 Å². The Morgan fingerprint density at radius 1 is 0.833 bits per heavy atom. The van der Waals surface area contributed by atoms with Gasteiger partial charge >= 0.3 is 0 Å². The molecule has 1 heterocycles. The Morgan fingerprint density at radius 3 is 2.00 bits per heavy atom. The molecule has 1 aliphatic heterocycles. The molecule has 6 heteroatoms. The molecule has 0 unspecified atom stereocenters. The van der Waals surface area contributed by atoms with Crippen LogP contribution in [0.25, 0.3) is 0 Å². The molecular weight excluding hydrogens is 228 g/mol. The van der Waals surface area contributed by atoms with E-state index >= 15 is 0 Å². The quantitative estimate of drug-likeness (QED) is 0.267. The van der Waals surface area contributed by atoms with E-state index < -0.39 is 0 Å². The topological polar surface area (TPSA) is 77.4 Å². The van der Waals surface area contributed by atoms with Crippen LogP contribution in [0.15, 0.2) is 0 Å². The van der Waals surface area contributed by atoms with E-state index in [1.54, 1.807) is 0 Å². The number of nitrogens with zero attached hydrogens (tertiary/aromatic N) is 1. The van der Waals surface area contributed by atoms with Crippen LogP contribution in [0.5, 0.6) is 0 Å². The molecule has 0 bridgehead atoms. The maximum atomic E-state index is 5.38. The molecular formula is C12H30N6. The zero-order valence-electron chi connectivity index (χ0n) is 11.5. The van der Waals surface area contributed by atoms with E-state index in [-0.39, 0.29) is 0 Å². The second-order valence-electron chi connectivity index (χ2n) is 4.63. The predicted octanol–water partition coefficient (Wildman–Crippen LogP) is -2.38. The zero-order valence-corrected chi connectivity index (χ0v) is 11.5. The second-order valence-corrected chi connectivity index (χ2v) is 4.63. The Labute approximate surface area is 111 Å². The van der Waals surface area contributed by atoms with Crippen LogP contribution < -0.4 is 27.0 Å². The van der Waals surface area contributed by atoms with Crippen molar-refractivity contribution < 1.29 is 0 Å². The van der Waals surface area contributed by atoms with Crippen molar-refractivity contribution in [3.63, 3.8) is 0 Å². The van der Waals surface area contributed by atoms with Gasteiger partial charge in [-0.05, 0) is 0 Å². The lowest BCUT2D eigenvalue weighted by molar-refractivity contribution is 0.241. The highest BCUT2D eigenvalue weighted by Gasteiger charge is 2.07. The number of nitrogens with one attached hydrogen (secondary N) is 4. The highest BCUT2D eigenvalue weighted by atomic mass is 15.2. The van der Waals surface area contributed by atoms with Crippen molar-refractivity contribution in [2.45, 2.75) is 0 Å². The average molecular weight is 258 g/mol. The first-order chi connectivity index (χ1) is 8.93. The standard InChI is InChI=1S/C12H30N6/c13-1-2-14-3-4-15-5-6-16-7-10-18-11-8-17-9-12-18/h14-17H,1-13H2. The van der Waals surface area contributed by atoms with E-state index in [2.05, 4.69) is 26.2 Å². The Bertz CT molecular complexity index is 172. The summed E-state index contributed by atoms with van der Waals surface area (Å²) < 4.78 is 0. The summed E-state index contributed by atoms with van der Waals surface area (Å²) in [4.78, 5) is 2.51. The van der Waals surface area contributed by atoms with E-state index in [0.29, 0.717) is 6.54 Å². The van der Waals surface area contributed by atoms with Crippen LogP contribution in [0.4, 0.5) is 0 Å². The molecule has 0 aromatic rings. The first kappa shape index (κ1) is 15.8. The largest absolute Gasteiger partial charge is 0.329 e. The average Bonchev–Trinajstić information content (AvgIpc) is 2.42. The van der Waals surface area contributed by atoms with Gasteiger partial charge in [-0.1, -0.05) is 0 Å². The molecule has 0 amide bonds. The lowest BCUT2D eigenvalue weighted by Crippen LogP contribution is -2.46. The summed E-state index contributed by atoms with van der Waals surface area (Å²) in [5, 5.41) is 13.5. The summed E-state index contributed by atoms with van der Waals surface area (Å²) in [6.07, 6.45) is 0. The number of hydrogen-bond donors (Lipinski definition) is 5. The predicted molar refractivity (Wildman–Crippen MR) is 77.0 cm³/mol.